The molecule has 1 aliphatic heterocycles. The molecule has 4 nitrogen and oxygen atoms in total. The molecule has 1 amide bonds. The summed E-state index contributed by atoms with van der Waals surface area (Å²) in [5, 5.41) is 0.823. The number of carbonyl (C=O) groups excluding carboxylic acids is 1. The Balaban J connectivity index is 1.38. The summed E-state index contributed by atoms with van der Waals surface area (Å²) >= 11 is 1.54. The Morgan fingerprint density at radius 3 is 2.62 bits per heavy atom. The number of rotatable bonds is 3. The second kappa shape index (κ2) is 7.80. The summed E-state index contributed by atoms with van der Waals surface area (Å²) in [5.74, 6) is 0.121. The lowest BCUT2D eigenvalue weighted by atomic mass is 9.87. The number of piperazine rings is 1. The standard InChI is InChI=1S/C21H25N3OS/c1-26-20-19(7-4-10-22-20)21(25)24-13-11-23(12-14-24)18-9-8-16-5-2-3-6-17(16)15-18/h2-7,10,18H,8-9,11-15H2,1H3/t18-/m0/s1. The van der Waals surface area contributed by atoms with Crippen molar-refractivity contribution in [2.75, 3.05) is 32.4 Å². The minimum atomic E-state index is 0.121. The van der Waals surface area contributed by atoms with Crippen LogP contribution in [0.2, 0.25) is 0 Å². The monoisotopic (exact) mass is 367 g/mol. The number of carbonyl (C=O) groups is 1. The van der Waals surface area contributed by atoms with E-state index in [2.05, 4.69) is 34.1 Å². The van der Waals surface area contributed by atoms with Gasteiger partial charge in [0.25, 0.3) is 5.91 Å². The van der Waals surface area contributed by atoms with Crippen molar-refractivity contribution in [2.45, 2.75) is 30.3 Å². The molecule has 0 saturated carbocycles. The molecule has 1 aromatic heterocycles. The molecule has 1 saturated heterocycles. The number of aryl methyl sites for hydroxylation is 1. The largest absolute Gasteiger partial charge is 0.336 e. The van der Waals surface area contributed by atoms with Crippen LogP contribution in [0.5, 0.6) is 0 Å². The molecule has 136 valence electrons. The zero-order valence-corrected chi connectivity index (χ0v) is 16.0. The lowest BCUT2D eigenvalue weighted by molar-refractivity contribution is 0.0549. The maximum Gasteiger partial charge on any atom is 0.256 e. The lowest BCUT2D eigenvalue weighted by Gasteiger charge is -2.41. The zero-order chi connectivity index (χ0) is 17.9. The van der Waals surface area contributed by atoms with Gasteiger partial charge in [-0.2, -0.15) is 0 Å². The molecule has 5 heteroatoms. The summed E-state index contributed by atoms with van der Waals surface area (Å²) in [7, 11) is 0. The fraction of sp³-hybridized carbons (Fsp3) is 0.429. The number of benzene rings is 1. The first kappa shape index (κ1) is 17.6. The van der Waals surface area contributed by atoms with Gasteiger partial charge < -0.3 is 4.90 Å². The van der Waals surface area contributed by atoms with Crippen LogP contribution in [0.1, 0.15) is 27.9 Å². The molecule has 0 radical (unpaired) electrons. The van der Waals surface area contributed by atoms with Crippen molar-refractivity contribution < 1.29 is 4.79 Å². The van der Waals surface area contributed by atoms with E-state index in [1.165, 1.54) is 35.7 Å². The number of thioether (sulfide) groups is 1. The van der Waals surface area contributed by atoms with Crippen molar-refractivity contribution in [3.63, 3.8) is 0 Å². The highest BCUT2D eigenvalue weighted by Gasteiger charge is 2.29. The van der Waals surface area contributed by atoms with Gasteiger partial charge in [0, 0.05) is 38.4 Å². The summed E-state index contributed by atoms with van der Waals surface area (Å²) in [6, 6.07) is 13.2. The maximum atomic E-state index is 12.9. The van der Waals surface area contributed by atoms with Gasteiger partial charge in [-0.25, -0.2) is 4.98 Å². The van der Waals surface area contributed by atoms with E-state index in [9.17, 15) is 4.79 Å². The second-order valence-corrected chi connectivity index (χ2v) is 7.85. The fourth-order valence-corrected chi connectivity index (χ4v) is 4.71. The molecule has 0 N–H and O–H groups in total. The topological polar surface area (TPSA) is 36.4 Å². The highest BCUT2D eigenvalue weighted by Crippen LogP contribution is 2.26. The van der Waals surface area contributed by atoms with Crippen molar-refractivity contribution in [1.29, 1.82) is 0 Å². The first-order valence-corrected chi connectivity index (χ1v) is 10.6. The summed E-state index contributed by atoms with van der Waals surface area (Å²) in [4.78, 5) is 21.8. The van der Waals surface area contributed by atoms with Crippen LogP contribution in [-0.4, -0.2) is 59.2 Å². The van der Waals surface area contributed by atoms with Crippen LogP contribution in [0.4, 0.5) is 0 Å². The molecule has 0 spiro atoms. The summed E-state index contributed by atoms with van der Waals surface area (Å²) < 4.78 is 0. The third-order valence-corrected chi connectivity index (χ3v) is 6.35. The summed E-state index contributed by atoms with van der Waals surface area (Å²) in [6.07, 6.45) is 7.26. The third-order valence-electron chi connectivity index (χ3n) is 5.63. The number of pyridine rings is 1. The average molecular weight is 368 g/mol. The van der Waals surface area contributed by atoms with E-state index >= 15 is 0 Å². The number of amides is 1. The minimum absolute atomic E-state index is 0.121. The predicted molar refractivity (Wildman–Crippen MR) is 106 cm³/mol. The Morgan fingerprint density at radius 2 is 1.85 bits per heavy atom. The first-order valence-electron chi connectivity index (χ1n) is 9.35. The molecule has 4 rings (SSSR count). The van der Waals surface area contributed by atoms with Gasteiger partial charge in [0.2, 0.25) is 0 Å². The average Bonchev–Trinajstić information content (AvgIpc) is 2.73. The van der Waals surface area contributed by atoms with Gasteiger partial charge in [-0.05, 0) is 48.8 Å². The van der Waals surface area contributed by atoms with E-state index < -0.39 is 0 Å². The van der Waals surface area contributed by atoms with E-state index in [1.807, 2.05) is 23.3 Å². The Hall–Kier alpha value is -1.85. The number of nitrogens with zero attached hydrogens (tertiary/aromatic N) is 3. The maximum absolute atomic E-state index is 12.9. The molecule has 0 bridgehead atoms. The summed E-state index contributed by atoms with van der Waals surface area (Å²) in [6.45, 7) is 3.54. The highest BCUT2D eigenvalue weighted by atomic mass is 32.2. The van der Waals surface area contributed by atoms with Gasteiger partial charge in [-0.15, -0.1) is 11.8 Å². The smallest absolute Gasteiger partial charge is 0.256 e. The molecular formula is C21H25N3OS. The van der Waals surface area contributed by atoms with Gasteiger partial charge in [0.15, 0.2) is 0 Å². The Labute approximate surface area is 159 Å². The first-order chi connectivity index (χ1) is 12.8. The number of aromatic nitrogens is 1. The molecular weight excluding hydrogens is 342 g/mol. The summed E-state index contributed by atoms with van der Waals surface area (Å²) in [5.41, 5.74) is 3.75. The van der Waals surface area contributed by atoms with Crippen LogP contribution in [0.25, 0.3) is 0 Å². The molecule has 26 heavy (non-hydrogen) atoms. The van der Waals surface area contributed by atoms with Crippen molar-refractivity contribution in [1.82, 2.24) is 14.8 Å². The van der Waals surface area contributed by atoms with Gasteiger partial charge in [-0.1, -0.05) is 24.3 Å². The Bertz CT molecular complexity index is 786. The Kier molecular flexibility index (Phi) is 5.27. The molecule has 2 aromatic rings. The number of fused-ring (bicyclic) bond motifs is 1. The Morgan fingerprint density at radius 1 is 1.08 bits per heavy atom. The second-order valence-electron chi connectivity index (χ2n) is 7.05. The van der Waals surface area contributed by atoms with Crippen molar-refractivity contribution in [3.05, 3.63) is 59.3 Å². The minimum Gasteiger partial charge on any atom is -0.336 e. The molecule has 1 atom stereocenters. The van der Waals surface area contributed by atoms with E-state index in [4.69, 9.17) is 0 Å². The third kappa shape index (κ3) is 3.51. The van der Waals surface area contributed by atoms with Gasteiger partial charge >= 0.3 is 0 Å². The van der Waals surface area contributed by atoms with E-state index in [1.54, 1.807) is 6.20 Å². The molecule has 2 heterocycles. The molecule has 1 fully saturated rings. The highest BCUT2D eigenvalue weighted by molar-refractivity contribution is 7.98. The lowest BCUT2D eigenvalue weighted by Crippen LogP contribution is -2.53. The number of hydrogen-bond donors (Lipinski definition) is 0. The van der Waals surface area contributed by atoms with E-state index in [-0.39, 0.29) is 5.91 Å². The molecule has 1 aromatic carbocycles. The molecule has 1 aliphatic carbocycles. The van der Waals surface area contributed by atoms with Crippen molar-refractivity contribution in [3.8, 4) is 0 Å². The van der Waals surface area contributed by atoms with Crippen molar-refractivity contribution in [2.24, 2.45) is 0 Å². The normalized spacial score (nSPS) is 20.7. The van der Waals surface area contributed by atoms with Crippen LogP contribution >= 0.6 is 11.8 Å². The predicted octanol–water partition coefficient (Wildman–Crippen LogP) is 3.12. The fourth-order valence-electron chi connectivity index (χ4n) is 4.17. The van der Waals surface area contributed by atoms with Crippen LogP contribution in [0, 0.1) is 0 Å². The zero-order valence-electron chi connectivity index (χ0n) is 15.2. The number of hydrogen-bond acceptors (Lipinski definition) is 4. The van der Waals surface area contributed by atoms with E-state index in [0.717, 1.165) is 43.2 Å². The molecule has 0 unspecified atom stereocenters. The SMILES string of the molecule is CSc1ncccc1C(=O)N1CCN([C@H]2CCc3ccccc3C2)CC1. The van der Waals surface area contributed by atoms with Crippen molar-refractivity contribution >= 4 is 17.7 Å². The van der Waals surface area contributed by atoms with Gasteiger partial charge in [0.1, 0.15) is 5.03 Å². The van der Waals surface area contributed by atoms with Gasteiger partial charge in [0.05, 0.1) is 5.56 Å². The van der Waals surface area contributed by atoms with Crippen LogP contribution in [-0.2, 0) is 12.8 Å². The van der Waals surface area contributed by atoms with Crippen LogP contribution in [0.3, 0.4) is 0 Å². The van der Waals surface area contributed by atoms with Crippen LogP contribution in [0.15, 0.2) is 47.6 Å². The van der Waals surface area contributed by atoms with Gasteiger partial charge in [-0.3, -0.25) is 9.69 Å². The van der Waals surface area contributed by atoms with Crippen LogP contribution < -0.4 is 0 Å². The molecule has 2 aliphatic rings. The van der Waals surface area contributed by atoms with E-state index in [0.29, 0.717) is 6.04 Å². The quantitative estimate of drug-likeness (QED) is 0.781.